The molecule has 1 heterocycles. The Morgan fingerprint density at radius 2 is 2.00 bits per heavy atom. The summed E-state index contributed by atoms with van der Waals surface area (Å²) in [6, 6.07) is 12.0. The first-order chi connectivity index (χ1) is 13.0. The van der Waals surface area contributed by atoms with Crippen LogP contribution in [0.2, 0.25) is 0 Å². The van der Waals surface area contributed by atoms with E-state index in [1.807, 2.05) is 0 Å². The molecule has 1 aliphatic heterocycles. The van der Waals surface area contributed by atoms with Crippen molar-refractivity contribution in [3.05, 3.63) is 59.9 Å². The molecule has 138 valence electrons. The van der Waals surface area contributed by atoms with E-state index in [2.05, 4.69) is 20.8 Å². The third-order valence-corrected chi connectivity index (χ3v) is 4.63. The van der Waals surface area contributed by atoms with E-state index in [9.17, 15) is 19.1 Å². The molecule has 1 atom stereocenters. The van der Waals surface area contributed by atoms with E-state index in [1.54, 1.807) is 18.2 Å². The maximum Gasteiger partial charge on any atom is 0.240 e. The molecule has 0 bridgehead atoms. The van der Waals surface area contributed by atoms with Crippen LogP contribution < -0.4 is 10.6 Å². The van der Waals surface area contributed by atoms with E-state index < -0.39 is 11.1 Å². The minimum atomic E-state index is -0.635. The molecule has 2 aromatic rings. The summed E-state index contributed by atoms with van der Waals surface area (Å²) in [5.74, 6) is -1.04. The predicted molar refractivity (Wildman–Crippen MR) is 102 cm³/mol. The number of aromatic hydroxyl groups is 1. The zero-order valence-electron chi connectivity index (χ0n) is 13.9. The van der Waals surface area contributed by atoms with Gasteiger partial charge < -0.3 is 15.7 Å². The highest BCUT2D eigenvalue weighted by molar-refractivity contribution is 8.15. The lowest BCUT2D eigenvalue weighted by Crippen LogP contribution is -2.28. The van der Waals surface area contributed by atoms with Crippen molar-refractivity contribution >= 4 is 40.6 Å². The van der Waals surface area contributed by atoms with Gasteiger partial charge >= 0.3 is 0 Å². The van der Waals surface area contributed by atoms with E-state index in [0.29, 0.717) is 11.3 Å². The number of thioether (sulfide) groups is 1. The van der Waals surface area contributed by atoms with Crippen LogP contribution in [0.5, 0.6) is 5.75 Å². The Morgan fingerprint density at radius 3 is 2.74 bits per heavy atom. The molecule has 1 unspecified atom stereocenters. The second kappa shape index (κ2) is 8.45. The minimum Gasteiger partial charge on any atom is -0.507 e. The lowest BCUT2D eigenvalue weighted by atomic mass is 10.2. The number of hydrogen-bond acceptors (Lipinski definition) is 6. The second-order valence-electron chi connectivity index (χ2n) is 5.56. The van der Waals surface area contributed by atoms with Gasteiger partial charge in [-0.05, 0) is 36.4 Å². The van der Waals surface area contributed by atoms with E-state index in [4.69, 9.17) is 0 Å². The average Bonchev–Trinajstić information content (AvgIpc) is 2.98. The van der Waals surface area contributed by atoms with Crippen LogP contribution in [0.1, 0.15) is 12.0 Å². The number of anilines is 1. The molecule has 0 radical (unpaired) electrons. The number of phenols is 1. The summed E-state index contributed by atoms with van der Waals surface area (Å²) >= 11 is 1.09. The molecule has 0 aromatic heterocycles. The van der Waals surface area contributed by atoms with Gasteiger partial charge in [-0.15, -0.1) is 5.10 Å². The fourth-order valence-electron chi connectivity index (χ4n) is 2.24. The number of nitrogens with one attached hydrogen (secondary N) is 2. The third kappa shape index (κ3) is 5.14. The first kappa shape index (κ1) is 18.6. The molecule has 1 aliphatic rings. The number of carbonyl (C=O) groups excluding carboxylic acids is 2. The maximum absolute atomic E-state index is 12.9. The van der Waals surface area contributed by atoms with Gasteiger partial charge in [0.2, 0.25) is 11.8 Å². The molecule has 3 N–H and O–H groups in total. The van der Waals surface area contributed by atoms with Crippen molar-refractivity contribution in [2.75, 3.05) is 5.32 Å². The fraction of sp³-hybridized carbons (Fsp3) is 0.111. The van der Waals surface area contributed by atoms with Gasteiger partial charge in [-0.1, -0.05) is 23.9 Å². The number of para-hydroxylation sites is 1. The normalized spacial score (nSPS) is 18.0. The topological polar surface area (TPSA) is 103 Å². The van der Waals surface area contributed by atoms with E-state index in [-0.39, 0.29) is 29.2 Å². The first-order valence-electron chi connectivity index (χ1n) is 7.93. The van der Waals surface area contributed by atoms with Crippen molar-refractivity contribution in [3.8, 4) is 5.75 Å². The number of amides is 2. The van der Waals surface area contributed by atoms with Gasteiger partial charge in [-0.2, -0.15) is 5.10 Å². The van der Waals surface area contributed by atoms with Gasteiger partial charge in [0.25, 0.3) is 0 Å². The molecule has 0 saturated carbocycles. The zero-order chi connectivity index (χ0) is 19.2. The summed E-state index contributed by atoms with van der Waals surface area (Å²) in [7, 11) is 0. The molecule has 0 spiro atoms. The van der Waals surface area contributed by atoms with Gasteiger partial charge in [0.05, 0.1) is 6.21 Å². The number of nitrogens with zero attached hydrogens (tertiary/aromatic N) is 2. The summed E-state index contributed by atoms with van der Waals surface area (Å²) in [6.07, 6.45) is 1.31. The van der Waals surface area contributed by atoms with Crippen LogP contribution in [0.15, 0.2) is 58.7 Å². The smallest absolute Gasteiger partial charge is 0.240 e. The molecule has 1 fully saturated rings. The molecule has 2 aromatic carbocycles. The Bertz CT molecular complexity index is 915. The minimum absolute atomic E-state index is 0.0594. The maximum atomic E-state index is 12.9. The quantitative estimate of drug-likeness (QED) is 0.543. The number of hydrogen-bond donors (Lipinski definition) is 3. The number of rotatable bonds is 5. The molecular formula is C18H15FN4O3S. The van der Waals surface area contributed by atoms with Crippen molar-refractivity contribution in [2.24, 2.45) is 10.2 Å². The standard InChI is InChI=1S/C18H15FN4O3S/c19-12-5-7-13(8-6-12)21-16(25)9-15-17(26)22-18(27-15)23-20-10-11-3-1-2-4-14(11)24/h1-8,10,15,24H,9H2,(H,21,25)(H,22,23,26)/b20-10+. The summed E-state index contributed by atoms with van der Waals surface area (Å²) in [6.45, 7) is 0. The van der Waals surface area contributed by atoms with Gasteiger partial charge in [-0.3, -0.25) is 9.59 Å². The van der Waals surface area contributed by atoms with Crippen LogP contribution in [0, 0.1) is 5.82 Å². The molecule has 1 saturated heterocycles. The van der Waals surface area contributed by atoms with Crippen molar-refractivity contribution < 1.29 is 19.1 Å². The Balaban J connectivity index is 1.56. The molecule has 7 nitrogen and oxygen atoms in total. The molecule has 0 aliphatic carbocycles. The highest BCUT2D eigenvalue weighted by atomic mass is 32.2. The third-order valence-electron chi connectivity index (χ3n) is 3.56. The van der Waals surface area contributed by atoms with Crippen LogP contribution in [-0.2, 0) is 9.59 Å². The number of carbonyl (C=O) groups is 2. The van der Waals surface area contributed by atoms with Gasteiger partial charge in [0, 0.05) is 17.7 Å². The highest BCUT2D eigenvalue weighted by Crippen LogP contribution is 2.23. The summed E-state index contributed by atoms with van der Waals surface area (Å²) < 4.78 is 12.9. The van der Waals surface area contributed by atoms with Crippen LogP contribution in [0.25, 0.3) is 0 Å². The van der Waals surface area contributed by atoms with E-state index in [0.717, 1.165) is 11.8 Å². The number of phenolic OH excluding ortho intramolecular Hbond substituents is 1. The van der Waals surface area contributed by atoms with Crippen LogP contribution in [-0.4, -0.2) is 33.6 Å². The van der Waals surface area contributed by atoms with E-state index >= 15 is 0 Å². The molecule has 3 rings (SSSR count). The zero-order valence-corrected chi connectivity index (χ0v) is 14.7. The number of amidine groups is 1. The Kier molecular flexibility index (Phi) is 5.82. The van der Waals surface area contributed by atoms with Crippen LogP contribution in [0.3, 0.4) is 0 Å². The predicted octanol–water partition coefficient (Wildman–Crippen LogP) is 2.48. The van der Waals surface area contributed by atoms with Crippen LogP contribution in [0.4, 0.5) is 10.1 Å². The molecule has 9 heteroatoms. The summed E-state index contributed by atoms with van der Waals surface area (Å²) in [5, 5.41) is 22.2. The van der Waals surface area contributed by atoms with Crippen molar-refractivity contribution in [3.63, 3.8) is 0 Å². The molecular weight excluding hydrogens is 371 g/mol. The lowest BCUT2D eigenvalue weighted by Gasteiger charge is -2.07. The molecule has 2 amide bonds. The van der Waals surface area contributed by atoms with Gasteiger partial charge in [0.15, 0.2) is 5.17 Å². The summed E-state index contributed by atoms with van der Waals surface area (Å²) in [5.41, 5.74) is 0.942. The van der Waals surface area contributed by atoms with E-state index in [1.165, 1.54) is 36.5 Å². The highest BCUT2D eigenvalue weighted by Gasteiger charge is 2.32. The average molecular weight is 386 g/mol. The molecule has 27 heavy (non-hydrogen) atoms. The van der Waals surface area contributed by atoms with Crippen molar-refractivity contribution in [2.45, 2.75) is 11.7 Å². The Labute approximate surface area is 158 Å². The van der Waals surface area contributed by atoms with Gasteiger partial charge in [0.1, 0.15) is 16.8 Å². The summed E-state index contributed by atoms with van der Waals surface area (Å²) in [4.78, 5) is 24.0. The van der Waals surface area contributed by atoms with Crippen molar-refractivity contribution in [1.82, 2.24) is 5.32 Å². The number of benzene rings is 2. The Morgan fingerprint density at radius 1 is 1.26 bits per heavy atom. The Hall–Kier alpha value is -3.20. The largest absolute Gasteiger partial charge is 0.507 e. The first-order valence-corrected chi connectivity index (χ1v) is 8.81. The monoisotopic (exact) mass is 386 g/mol. The SMILES string of the molecule is O=C(CC1S/C(=N/N=C/c2ccccc2O)NC1=O)Nc1ccc(F)cc1. The number of halogens is 1. The lowest BCUT2D eigenvalue weighted by molar-refractivity contribution is -0.122. The van der Waals surface area contributed by atoms with Gasteiger partial charge in [-0.25, -0.2) is 4.39 Å². The fourth-order valence-corrected chi connectivity index (χ4v) is 3.16. The second-order valence-corrected chi connectivity index (χ2v) is 6.75. The van der Waals surface area contributed by atoms with Crippen molar-refractivity contribution in [1.29, 1.82) is 0 Å². The van der Waals surface area contributed by atoms with Crippen LogP contribution >= 0.6 is 11.8 Å².